The maximum atomic E-state index is 14.2. The molecule has 0 radical (unpaired) electrons. The summed E-state index contributed by atoms with van der Waals surface area (Å²) in [7, 11) is -0.613. The molecule has 15 heteroatoms. The first-order valence-corrected chi connectivity index (χ1v) is 18.8. The van der Waals surface area contributed by atoms with Gasteiger partial charge in [0.2, 0.25) is 21.8 Å². The van der Waals surface area contributed by atoms with Gasteiger partial charge in [0.05, 0.1) is 29.8 Å². The molecule has 51 heavy (non-hydrogen) atoms. The monoisotopic (exact) mass is 720 g/mol. The lowest BCUT2D eigenvalue weighted by Gasteiger charge is -2.30. The van der Waals surface area contributed by atoms with Crippen molar-refractivity contribution in [3.05, 3.63) is 59.9 Å². The number of carbonyl (C=O) groups excluding carboxylic acids is 3. The molecule has 4 atom stereocenters. The lowest BCUT2D eigenvalue weighted by atomic mass is 10.1. The smallest absolute Gasteiger partial charge is 0.320 e. The highest BCUT2D eigenvalue weighted by Crippen LogP contribution is 2.46. The maximum absolute atomic E-state index is 14.2. The molecule has 3 heterocycles. The number of hydrogen-bond donors (Lipinski definition) is 2. The average Bonchev–Trinajstić information content (AvgIpc) is 4.03. The Kier molecular flexibility index (Phi) is 9.10. The van der Waals surface area contributed by atoms with E-state index in [2.05, 4.69) is 10.0 Å². The van der Waals surface area contributed by atoms with Gasteiger partial charge in [-0.3, -0.25) is 14.3 Å². The molecule has 13 nitrogen and oxygen atoms in total. The van der Waals surface area contributed by atoms with Gasteiger partial charge in [-0.25, -0.2) is 22.6 Å². The predicted octanol–water partition coefficient (Wildman–Crippen LogP) is 3.85. The summed E-state index contributed by atoms with van der Waals surface area (Å²) in [6, 6.07) is 7.95. The Morgan fingerprint density at radius 1 is 1.10 bits per heavy atom. The molecule has 1 aromatic heterocycles. The van der Waals surface area contributed by atoms with Crippen molar-refractivity contribution in [1.29, 1.82) is 0 Å². The molecule has 4 aliphatic rings. The third-order valence-corrected chi connectivity index (χ3v) is 12.0. The van der Waals surface area contributed by atoms with E-state index < -0.39 is 56.5 Å². The Morgan fingerprint density at radius 3 is 2.59 bits per heavy atom. The number of hydrogen-bond acceptors (Lipinski definition) is 9. The molecule has 3 fully saturated rings. The molecule has 2 saturated carbocycles. The van der Waals surface area contributed by atoms with Crippen molar-refractivity contribution in [3.8, 4) is 23.0 Å². The molecule has 0 spiro atoms. The summed E-state index contributed by atoms with van der Waals surface area (Å²) in [4.78, 5) is 54.1. The van der Waals surface area contributed by atoms with Crippen molar-refractivity contribution < 1.29 is 36.7 Å². The number of methoxy groups -OCH3 is 1. The number of sulfonamides is 1. The molecule has 1 unspecified atom stereocenters. The number of benzene rings is 2. The van der Waals surface area contributed by atoms with Gasteiger partial charge in [-0.05, 0) is 81.8 Å². The number of halogens is 1. The van der Waals surface area contributed by atoms with E-state index in [9.17, 15) is 27.2 Å². The molecule has 270 valence electrons. The Labute approximate surface area is 295 Å². The van der Waals surface area contributed by atoms with Gasteiger partial charge in [-0.15, -0.1) is 0 Å². The topological polar surface area (TPSA) is 160 Å². The predicted molar refractivity (Wildman–Crippen MR) is 186 cm³/mol. The summed E-state index contributed by atoms with van der Waals surface area (Å²) in [5, 5.41) is 2.85. The number of allylic oxidation sites excluding steroid dienone is 1. The zero-order valence-corrected chi connectivity index (χ0v) is 29.5. The van der Waals surface area contributed by atoms with Crippen molar-refractivity contribution in [2.45, 2.75) is 74.8 Å². The average molecular weight is 721 g/mol. The van der Waals surface area contributed by atoms with Gasteiger partial charge >= 0.3 is 6.03 Å². The number of nitrogens with one attached hydrogen (secondary N) is 2. The van der Waals surface area contributed by atoms with E-state index in [4.69, 9.17) is 19.4 Å². The van der Waals surface area contributed by atoms with Gasteiger partial charge in [0.15, 0.2) is 5.82 Å². The first-order valence-electron chi connectivity index (χ1n) is 17.2. The highest BCUT2D eigenvalue weighted by Gasteiger charge is 2.62. The van der Waals surface area contributed by atoms with Gasteiger partial charge in [-0.2, -0.15) is 4.98 Å². The zero-order chi connectivity index (χ0) is 36.1. The van der Waals surface area contributed by atoms with Crippen molar-refractivity contribution in [3.63, 3.8) is 0 Å². The minimum absolute atomic E-state index is 0.0480. The van der Waals surface area contributed by atoms with Gasteiger partial charge in [0.1, 0.15) is 29.3 Å². The van der Waals surface area contributed by atoms with Crippen LogP contribution < -0.4 is 19.5 Å². The van der Waals surface area contributed by atoms with Crippen molar-refractivity contribution in [2.75, 3.05) is 27.2 Å². The van der Waals surface area contributed by atoms with Crippen molar-refractivity contribution in [1.82, 2.24) is 29.8 Å². The van der Waals surface area contributed by atoms with E-state index in [1.165, 1.54) is 17.0 Å². The molecule has 2 N–H and O–H groups in total. The van der Waals surface area contributed by atoms with Gasteiger partial charge in [-0.1, -0.05) is 12.2 Å². The normalized spacial score (nSPS) is 25.5. The van der Waals surface area contributed by atoms with Crippen LogP contribution in [0.2, 0.25) is 0 Å². The molecule has 3 aromatic rings. The number of amides is 4. The second kappa shape index (κ2) is 13.4. The molecular weight excluding hydrogens is 679 g/mol. The first kappa shape index (κ1) is 34.6. The van der Waals surface area contributed by atoms with E-state index in [1.807, 2.05) is 19.1 Å². The van der Waals surface area contributed by atoms with E-state index in [1.54, 1.807) is 43.3 Å². The highest BCUT2D eigenvalue weighted by atomic mass is 32.2. The zero-order valence-electron chi connectivity index (χ0n) is 28.7. The standard InChI is InChI=1S/C36H41FN6O7S/c1-21-29(49-3)16-15-27-30(21)38-31(22-9-11-24(37)12-10-22)39-33(27)50-25-18-28-32(44)40-36(34(45)41-51(47,48)26-13-14-26)19-23(36)8-6-4-5-7-17-42(2)35(46)43(28)20-25/h6,8-12,15-16,23,25-26,28H,4-5,7,13-14,17-20H2,1-3H3,(H,40,44)(H,41,45)/t23-,25-,28+,36?/m1/s1. The summed E-state index contributed by atoms with van der Waals surface area (Å²) in [5.41, 5.74) is 0.407. The number of aromatic nitrogens is 2. The van der Waals surface area contributed by atoms with E-state index in [-0.39, 0.29) is 31.3 Å². The number of urea groups is 1. The third kappa shape index (κ3) is 6.83. The Morgan fingerprint density at radius 2 is 1.86 bits per heavy atom. The number of carbonyl (C=O) groups is 3. The fourth-order valence-electron chi connectivity index (χ4n) is 6.98. The number of rotatable bonds is 7. The second-order valence-corrected chi connectivity index (χ2v) is 15.8. The largest absolute Gasteiger partial charge is 0.496 e. The Bertz CT molecular complexity index is 2020. The van der Waals surface area contributed by atoms with Crippen LogP contribution in [0.15, 0.2) is 48.6 Å². The summed E-state index contributed by atoms with van der Waals surface area (Å²) in [6.07, 6.45) is 6.67. The van der Waals surface area contributed by atoms with E-state index in [0.29, 0.717) is 53.8 Å². The summed E-state index contributed by atoms with van der Waals surface area (Å²) in [5.74, 6) is -1.02. The molecule has 2 aromatic carbocycles. The lowest BCUT2D eigenvalue weighted by molar-refractivity contribution is -0.131. The van der Waals surface area contributed by atoms with Gasteiger partial charge < -0.3 is 24.6 Å². The molecule has 2 aliphatic carbocycles. The quantitative estimate of drug-likeness (QED) is 0.346. The van der Waals surface area contributed by atoms with Crippen molar-refractivity contribution in [2.24, 2.45) is 5.92 Å². The molecule has 4 amide bonds. The number of fused-ring (bicyclic) bond motifs is 3. The van der Waals surface area contributed by atoms with Crippen LogP contribution >= 0.6 is 0 Å². The molecule has 7 rings (SSSR count). The van der Waals surface area contributed by atoms with Crippen LogP contribution in [0.25, 0.3) is 22.3 Å². The molecule has 0 bridgehead atoms. The third-order valence-electron chi connectivity index (χ3n) is 10.2. The van der Waals surface area contributed by atoms with Crippen LogP contribution in [-0.4, -0.2) is 96.2 Å². The fourth-order valence-corrected chi connectivity index (χ4v) is 8.34. The molecule has 2 aliphatic heterocycles. The van der Waals surface area contributed by atoms with E-state index in [0.717, 1.165) is 18.4 Å². The Balaban J connectivity index is 1.21. The lowest BCUT2D eigenvalue weighted by Crippen LogP contribution is -2.57. The van der Waals surface area contributed by atoms with E-state index >= 15 is 0 Å². The van der Waals surface area contributed by atoms with Gasteiger partial charge in [0, 0.05) is 37.1 Å². The van der Waals surface area contributed by atoms with Gasteiger partial charge in [0.25, 0.3) is 5.91 Å². The second-order valence-electron chi connectivity index (χ2n) is 13.9. The van der Waals surface area contributed by atoms with Crippen LogP contribution in [0.4, 0.5) is 9.18 Å². The minimum atomic E-state index is -3.86. The Hall–Kier alpha value is -4.79. The number of aryl methyl sites for hydroxylation is 1. The minimum Gasteiger partial charge on any atom is -0.496 e. The summed E-state index contributed by atoms with van der Waals surface area (Å²) in [6.45, 7) is 2.39. The fraction of sp³-hybridized carbons (Fsp3) is 0.472. The van der Waals surface area contributed by atoms with Crippen LogP contribution in [-0.2, 0) is 19.6 Å². The molecular formula is C36H41FN6O7S. The SMILES string of the molecule is COc1ccc2c(O[C@@H]3C[C@H]4C(=O)NC5(C(=O)NS(=O)(=O)C6CC6)C[C@H]5C=CCCCCN(C)C(=O)N4C3)nc(-c3ccc(F)cc3)nc2c1C. The molecule has 1 saturated heterocycles. The maximum Gasteiger partial charge on any atom is 0.320 e. The summed E-state index contributed by atoms with van der Waals surface area (Å²) >= 11 is 0. The highest BCUT2D eigenvalue weighted by molar-refractivity contribution is 7.91. The first-order chi connectivity index (χ1) is 24.4. The van der Waals surface area contributed by atoms with Crippen LogP contribution in [0.1, 0.15) is 50.5 Å². The van der Waals surface area contributed by atoms with Crippen molar-refractivity contribution >= 4 is 38.8 Å². The summed E-state index contributed by atoms with van der Waals surface area (Å²) < 4.78 is 53.6. The van der Waals surface area contributed by atoms with Crippen LogP contribution in [0.3, 0.4) is 0 Å². The van der Waals surface area contributed by atoms with Crippen LogP contribution in [0.5, 0.6) is 11.6 Å². The van der Waals surface area contributed by atoms with Crippen LogP contribution in [0, 0.1) is 18.7 Å². The number of nitrogens with zero attached hydrogens (tertiary/aromatic N) is 4. The number of ether oxygens (including phenoxy) is 2.